The third-order valence-corrected chi connectivity index (χ3v) is 2.90. The number of aryl methyl sites for hydroxylation is 1. The molecule has 0 saturated carbocycles. The number of nitrogens with zero attached hydrogens (tertiary/aromatic N) is 3. The van der Waals surface area contributed by atoms with Crippen molar-refractivity contribution in [3.05, 3.63) is 28.7 Å². The number of benzene rings is 1. The molecule has 20 heavy (non-hydrogen) atoms. The molecule has 0 saturated heterocycles. The lowest BCUT2D eigenvalue weighted by atomic mass is 10.1. The van der Waals surface area contributed by atoms with Gasteiger partial charge in [-0.05, 0) is 30.3 Å². The number of amides is 1. The predicted octanol–water partition coefficient (Wildman–Crippen LogP) is 3.02. The highest BCUT2D eigenvalue weighted by atomic mass is 16.5. The van der Waals surface area contributed by atoms with E-state index in [1.54, 1.807) is 30.7 Å². The van der Waals surface area contributed by atoms with Gasteiger partial charge < -0.3 is 9.30 Å². The fourth-order valence-corrected chi connectivity index (χ4v) is 2.00. The summed E-state index contributed by atoms with van der Waals surface area (Å²) in [5.41, 5.74) is 1.20. The minimum Gasteiger partial charge on any atom is -0.450 e. The Morgan fingerprint density at radius 3 is 2.90 bits per heavy atom. The van der Waals surface area contributed by atoms with Crippen LogP contribution >= 0.6 is 0 Å². The first-order valence-corrected chi connectivity index (χ1v) is 5.92. The third-order valence-electron chi connectivity index (χ3n) is 2.90. The maximum absolute atomic E-state index is 11.5. The van der Waals surface area contributed by atoms with Crippen molar-refractivity contribution in [1.82, 2.24) is 4.57 Å². The van der Waals surface area contributed by atoms with Crippen LogP contribution in [0.4, 0.5) is 16.3 Å². The zero-order valence-corrected chi connectivity index (χ0v) is 11.0. The second-order valence-electron chi connectivity index (χ2n) is 4.03. The standard InChI is InChI=1S/C13H12N4O3/c1-3-20-13(18)15-12-10(7-14)9-5-4-8(16-19)6-11(9)17(12)2/h4-6H,3H2,1-2H3,(H,15,18). The van der Waals surface area contributed by atoms with Crippen LogP contribution in [0.25, 0.3) is 10.9 Å². The van der Waals surface area contributed by atoms with E-state index in [0.29, 0.717) is 22.3 Å². The molecule has 2 aromatic rings. The van der Waals surface area contributed by atoms with Gasteiger partial charge in [-0.3, -0.25) is 5.32 Å². The monoisotopic (exact) mass is 272 g/mol. The maximum atomic E-state index is 11.5. The van der Waals surface area contributed by atoms with Crippen LogP contribution in [0.2, 0.25) is 0 Å². The minimum atomic E-state index is -0.636. The number of rotatable bonds is 3. The number of aromatic nitrogens is 1. The van der Waals surface area contributed by atoms with Crippen LogP contribution in [0.5, 0.6) is 0 Å². The zero-order chi connectivity index (χ0) is 14.7. The number of nitriles is 1. The number of hydrogen-bond donors (Lipinski definition) is 1. The second kappa shape index (κ2) is 5.40. The highest BCUT2D eigenvalue weighted by Gasteiger charge is 2.17. The van der Waals surface area contributed by atoms with Crippen molar-refractivity contribution in [1.29, 1.82) is 5.26 Å². The van der Waals surface area contributed by atoms with Gasteiger partial charge in [0.05, 0.1) is 12.1 Å². The van der Waals surface area contributed by atoms with Crippen LogP contribution in [-0.2, 0) is 11.8 Å². The number of anilines is 1. The van der Waals surface area contributed by atoms with Gasteiger partial charge in [-0.15, -0.1) is 4.91 Å². The SMILES string of the molecule is CCOC(=O)Nc1c(C#N)c2ccc(N=O)cc2n1C. The molecule has 0 spiro atoms. The highest BCUT2D eigenvalue weighted by molar-refractivity contribution is 5.98. The normalized spacial score (nSPS) is 10.1. The van der Waals surface area contributed by atoms with E-state index in [9.17, 15) is 15.0 Å². The molecule has 0 aliphatic heterocycles. The van der Waals surface area contributed by atoms with Crippen molar-refractivity contribution in [2.24, 2.45) is 12.2 Å². The summed E-state index contributed by atoms with van der Waals surface area (Å²) in [5.74, 6) is 0.323. The van der Waals surface area contributed by atoms with Gasteiger partial charge in [0.15, 0.2) is 0 Å². The summed E-state index contributed by atoms with van der Waals surface area (Å²) in [6, 6.07) is 6.74. The fourth-order valence-electron chi connectivity index (χ4n) is 2.00. The molecule has 102 valence electrons. The largest absolute Gasteiger partial charge is 0.450 e. The maximum Gasteiger partial charge on any atom is 0.412 e. The molecule has 0 aliphatic carbocycles. The lowest BCUT2D eigenvalue weighted by molar-refractivity contribution is 0.167. The molecule has 1 amide bonds. The van der Waals surface area contributed by atoms with Crippen molar-refractivity contribution in [3.8, 4) is 6.07 Å². The topological polar surface area (TPSA) is 96.5 Å². The molecular weight excluding hydrogens is 260 g/mol. The number of carbonyl (C=O) groups excluding carboxylic acids is 1. The molecule has 7 heteroatoms. The van der Waals surface area contributed by atoms with Gasteiger partial charge in [-0.2, -0.15) is 5.26 Å². The average molecular weight is 272 g/mol. The van der Waals surface area contributed by atoms with E-state index in [2.05, 4.69) is 10.5 Å². The first-order valence-electron chi connectivity index (χ1n) is 5.92. The molecule has 2 rings (SSSR count). The number of nitroso groups, excluding NO2 is 1. The van der Waals surface area contributed by atoms with Gasteiger partial charge in [0.2, 0.25) is 0 Å². The van der Waals surface area contributed by atoms with Crippen LogP contribution in [0.3, 0.4) is 0 Å². The molecular formula is C13H12N4O3. The zero-order valence-electron chi connectivity index (χ0n) is 11.0. The van der Waals surface area contributed by atoms with E-state index in [-0.39, 0.29) is 12.3 Å². The number of nitrogens with one attached hydrogen (secondary N) is 1. The molecule has 0 fully saturated rings. The number of carbonyl (C=O) groups is 1. The summed E-state index contributed by atoms with van der Waals surface area (Å²) in [6.07, 6.45) is -0.636. The van der Waals surface area contributed by atoms with Crippen LogP contribution in [0, 0.1) is 16.2 Å². The quantitative estimate of drug-likeness (QED) is 0.868. The Hall–Kier alpha value is -2.88. The molecule has 1 aromatic heterocycles. The Morgan fingerprint density at radius 1 is 1.55 bits per heavy atom. The van der Waals surface area contributed by atoms with E-state index in [4.69, 9.17) is 4.74 Å². The highest BCUT2D eigenvalue weighted by Crippen LogP contribution is 2.31. The van der Waals surface area contributed by atoms with E-state index in [1.165, 1.54) is 6.07 Å². The molecule has 0 atom stereocenters. The smallest absolute Gasteiger partial charge is 0.412 e. The Balaban J connectivity index is 2.59. The first-order chi connectivity index (χ1) is 9.62. The number of fused-ring (bicyclic) bond motifs is 1. The Labute approximate surface area is 114 Å². The van der Waals surface area contributed by atoms with E-state index in [1.807, 2.05) is 6.07 Å². The molecule has 0 radical (unpaired) electrons. The van der Waals surface area contributed by atoms with Gasteiger partial charge in [0, 0.05) is 12.4 Å². The summed E-state index contributed by atoms with van der Waals surface area (Å²) in [7, 11) is 1.68. The summed E-state index contributed by atoms with van der Waals surface area (Å²) in [4.78, 5) is 22.1. The van der Waals surface area contributed by atoms with Crippen LogP contribution in [0.1, 0.15) is 12.5 Å². The van der Waals surface area contributed by atoms with Gasteiger partial charge >= 0.3 is 6.09 Å². The van der Waals surface area contributed by atoms with E-state index >= 15 is 0 Å². The van der Waals surface area contributed by atoms with Gasteiger partial charge in [0.25, 0.3) is 0 Å². The lowest BCUT2D eigenvalue weighted by Crippen LogP contribution is -2.16. The van der Waals surface area contributed by atoms with Crippen molar-refractivity contribution in [3.63, 3.8) is 0 Å². The molecule has 1 heterocycles. The predicted molar refractivity (Wildman–Crippen MR) is 73.7 cm³/mol. The van der Waals surface area contributed by atoms with Crippen molar-refractivity contribution in [2.75, 3.05) is 11.9 Å². The van der Waals surface area contributed by atoms with Crippen LogP contribution < -0.4 is 5.32 Å². The van der Waals surface area contributed by atoms with Crippen molar-refractivity contribution in [2.45, 2.75) is 6.92 Å². The summed E-state index contributed by atoms with van der Waals surface area (Å²) in [5, 5.41) is 15.3. The summed E-state index contributed by atoms with van der Waals surface area (Å²) >= 11 is 0. The molecule has 0 unspecified atom stereocenters. The van der Waals surface area contributed by atoms with Gasteiger partial charge in [-0.25, -0.2) is 4.79 Å². The van der Waals surface area contributed by atoms with Crippen LogP contribution in [-0.4, -0.2) is 17.3 Å². The minimum absolute atomic E-state index is 0.233. The van der Waals surface area contributed by atoms with Gasteiger partial charge in [0.1, 0.15) is 23.1 Å². The second-order valence-corrected chi connectivity index (χ2v) is 4.03. The Bertz CT molecular complexity index is 727. The molecule has 1 N–H and O–H groups in total. The average Bonchev–Trinajstić information content (AvgIpc) is 2.71. The third kappa shape index (κ3) is 2.19. The van der Waals surface area contributed by atoms with Crippen molar-refractivity contribution >= 4 is 28.5 Å². The van der Waals surface area contributed by atoms with E-state index in [0.717, 1.165) is 0 Å². The molecule has 1 aromatic carbocycles. The van der Waals surface area contributed by atoms with Gasteiger partial charge in [-0.1, -0.05) is 0 Å². The molecule has 7 nitrogen and oxygen atoms in total. The Kier molecular flexibility index (Phi) is 3.66. The number of ether oxygens (including phenoxy) is 1. The fraction of sp³-hybridized carbons (Fsp3) is 0.231. The Morgan fingerprint density at radius 2 is 2.30 bits per heavy atom. The molecule has 0 aliphatic rings. The summed E-state index contributed by atoms with van der Waals surface area (Å²) < 4.78 is 6.41. The van der Waals surface area contributed by atoms with E-state index < -0.39 is 6.09 Å². The van der Waals surface area contributed by atoms with Crippen molar-refractivity contribution < 1.29 is 9.53 Å². The molecule has 0 bridgehead atoms. The lowest BCUT2D eigenvalue weighted by Gasteiger charge is -2.07. The summed E-state index contributed by atoms with van der Waals surface area (Å²) in [6.45, 7) is 1.92. The van der Waals surface area contributed by atoms with Crippen LogP contribution in [0.15, 0.2) is 23.4 Å². The first kappa shape index (κ1) is 13.5. The number of hydrogen-bond acceptors (Lipinski definition) is 5.